The second-order valence-corrected chi connectivity index (χ2v) is 13.1. The summed E-state index contributed by atoms with van der Waals surface area (Å²) >= 11 is 0. The molecule has 0 atom stereocenters. The van der Waals surface area contributed by atoms with Crippen molar-refractivity contribution < 1.29 is 9.31 Å². The van der Waals surface area contributed by atoms with Gasteiger partial charge in [-0.25, -0.2) is 0 Å². The zero-order valence-electron chi connectivity index (χ0n) is 22.6. The third-order valence-electron chi connectivity index (χ3n) is 10.3. The minimum absolute atomic E-state index is 0.0728. The van der Waals surface area contributed by atoms with Gasteiger partial charge >= 0.3 is 7.12 Å². The van der Waals surface area contributed by atoms with Crippen LogP contribution in [-0.2, 0) is 20.1 Å². The van der Waals surface area contributed by atoms with E-state index in [2.05, 4.69) is 96.1 Å². The maximum atomic E-state index is 6.64. The van der Waals surface area contributed by atoms with Gasteiger partial charge in [0.2, 0.25) is 0 Å². The molecule has 0 N–H and O–H groups in total. The van der Waals surface area contributed by atoms with Crippen molar-refractivity contribution in [2.24, 2.45) is 0 Å². The molecule has 7 rings (SSSR count). The van der Waals surface area contributed by atoms with Crippen LogP contribution in [0.2, 0.25) is 0 Å². The van der Waals surface area contributed by atoms with Crippen LogP contribution in [0, 0.1) is 0 Å². The van der Waals surface area contributed by atoms with Gasteiger partial charge in [-0.1, -0.05) is 87.7 Å². The number of benzene rings is 3. The van der Waals surface area contributed by atoms with Crippen molar-refractivity contribution in [2.75, 3.05) is 0 Å². The van der Waals surface area contributed by atoms with E-state index in [1.165, 1.54) is 70.9 Å². The first-order chi connectivity index (χ1) is 17.1. The van der Waals surface area contributed by atoms with Crippen molar-refractivity contribution in [2.45, 2.75) is 95.7 Å². The van der Waals surface area contributed by atoms with E-state index >= 15 is 0 Å². The predicted molar refractivity (Wildman–Crippen MR) is 149 cm³/mol. The van der Waals surface area contributed by atoms with Gasteiger partial charge in [-0.15, -0.1) is 0 Å². The van der Waals surface area contributed by atoms with E-state index in [1.54, 1.807) is 11.1 Å². The van der Waals surface area contributed by atoms with E-state index in [9.17, 15) is 0 Å². The lowest BCUT2D eigenvalue weighted by molar-refractivity contribution is 0.00578. The molecule has 3 aromatic rings. The van der Waals surface area contributed by atoms with Crippen LogP contribution in [0.5, 0.6) is 0 Å². The molecular weight excluding hydrogens is 439 g/mol. The fourth-order valence-electron chi connectivity index (χ4n) is 7.70. The van der Waals surface area contributed by atoms with E-state index in [1.807, 2.05) is 0 Å². The Labute approximate surface area is 216 Å². The minimum Gasteiger partial charge on any atom is -0.399 e. The topological polar surface area (TPSA) is 18.5 Å². The van der Waals surface area contributed by atoms with Gasteiger partial charge in [0.25, 0.3) is 0 Å². The van der Waals surface area contributed by atoms with Crippen molar-refractivity contribution >= 4 is 12.6 Å². The molecule has 1 aliphatic heterocycles. The molecule has 1 spiro atoms. The highest BCUT2D eigenvalue weighted by Crippen LogP contribution is 2.61. The molecule has 0 amide bonds. The lowest BCUT2D eigenvalue weighted by atomic mass is 9.67. The van der Waals surface area contributed by atoms with E-state index in [0.29, 0.717) is 0 Å². The Morgan fingerprint density at radius 1 is 0.583 bits per heavy atom. The van der Waals surface area contributed by atoms with Crippen molar-refractivity contribution in [3.63, 3.8) is 0 Å². The quantitative estimate of drug-likeness (QED) is 0.338. The van der Waals surface area contributed by atoms with Crippen LogP contribution >= 0.6 is 0 Å². The van der Waals surface area contributed by atoms with Gasteiger partial charge in [0.1, 0.15) is 0 Å². The first-order valence-corrected chi connectivity index (χ1v) is 13.9. The monoisotopic (exact) mass is 476 g/mol. The first kappa shape index (κ1) is 22.8. The van der Waals surface area contributed by atoms with Crippen LogP contribution in [0.4, 0.5) is 0 Å². The summed E-state index contributed by atoms with van der Waals surface area (Å²) in [6, 6.07) is 21.0. The standard InChI is InChI=1S/C33H37BO2/c1-30(2)23-15-12-16-26(34-35-31(3,4)32(5,6)36-34)28(23)29-24(30)17-18-25-27(29)21-13-8-9-14-22(21)33(25)19-10-7-11-20-33/h8-9,12-18H,7,10-11,19-20H2,1-6H3. The average Bonchev–Trinajstić information content (AvgIpc) is 3.35. The molecule has 1 saturated carbocycles. The molecule has 0 aromatic heterocycles. The summed E-state index contributed by atoms with van der Waals surface area (Å²) in [6.45, 7) is 13.4. The molecule has 0 unspecified atom stereocenters. The van der Waals surface area contributed by atoms with Gasteiger partial charge in [-0.3, -0.25) is 0 Å². The third kappa shape index (κ3) is 2.71. The van der Waals surface area contributed by atoms with Crippen LogP contribution in [-0.4, -0.2) is 18.3 Å². The number of fused-ring (bicyclic) bond motifs is 9. The molecule has 0 bridgehead atoms. The fraction of sp³-hybridized carbons (Fsp3) is 0.455. The molecule has 3 heteroatoms. The highest BCUT2D eigenvalue weighted by atomic mass is 16.7. The number of hydrogen-bond donors (Lipinski definition) is 0. The highest BCUT2D eigenvalue weighted by Gasteiger charge is 2.54. The molecule has 1 saturated heterocycles. The normalized spacial score (nSPS) is 23.3. The maximum Gasteiger partial charge on any atom is 0.495 e. The number of rotatable bonds is 1. The molecule has 3 aliphatic carbocycles. The Morgan fingerprint density at radius 2 is 1.19 bits per heavy atom. The van der Waals surface area contributed by atoms with E-state index in [0.717, 1.165) is 0 Å². The second kappa shape index (κ2) is 7.14. The van der Waals surface area contributed by atoms with Crippen molar-refractivity contribution in [3.05, 3.63) is 76.9 Å². The third-order valence-corrected chi connectivity index (χ3v) is 10.3. The smallest absolute Gasteiger partial charge is 0.399 e. The molecule has 0 radical (unpaired) electrons. The van der Waals surface area contributed by atoms with Crippen molar-refractivity contribution in [1.29, 1.82) is 0 Å². The van der Waals surface area contributed by atoms with Crippen LogP contribution in [0.25, 0.3) is 22.3 Å². The Kier molecular flexibility index (Phi) is 4.53. The SMILES string of the molecule is CC1(C)c2cccc(B3OC(C)(C)C(C)(C)O3)c2-c2c1ccc1c2-c2ccccc2C12CCCCC2. The lowest BCUT2D eigenvalue weighted by Crippen LogP contribution is -2.41. The summed E-state index contributed by atoms with van der Waals surface area (Å²) in [5.74, 6) is 0. The molecule has 184 valence electrons. The Morgan fingerprint density at radius 3 is 1.92 bits per heavy atom. The summed E-state index contributed by atoms with van der Waals surface area (Å²) in [7, 11) is -0.372. The predicted octanol–water partition coefficient (Wildman–Crippen LogP) is 7.52. The van der Waals surface area contributed by atoms with Crippen LogP contribution in [0.1, 0.15) is 95.9 Å². The summed E-state index contributed by atoms with van der Waals surface area (Å²) in [5.41, 5.74) is 12.1. The summed E-state index contributed by atoms with van der Waals surface area (Å²) in [6.07, 6.45) is 6.49. The van der Waals surface area contributed by atoms with Gasteiger partial charge in [0.05, 0.1) is 11.2 Å². The summed E-state index contributed by atoms with van der Waals surface area (Å²) in [5, 5.41) is 0. The molecule has 4 aliphatic rings. The summed E-state index contributed by atoms with van der Waals surface area (Å²) < 4.78 is 13.3. The van der Waals surface area contributed by atoms with E-state index < -0.39 is 0 Å². The Balaban J connectivity index is 1.53. The molecule has 2 fully saturated rings. The highest BCUT2D eigenvalue weighted by molar-refractivity contribution is 6.64. The van der Waals surface area contributed by atoms with Gasteiger partial charge in [-0.2, -0.15) is 0 Å². The average molecular weight is 476 g/mol. The maximum absolute atomic E-state index is 6.64. The molecule has 36 heavy (non-hydrogen) atoms. The van der Waals surface area contributed by atoms with Crippen LogP contribution < -0.4 is 5.46 Å². The fourth-order valence-corrected chi connectivity index (χ4v) is 7.70. The van der Waals surface area contributed by atoms with Gasteiger partial charge in [-0.05, 0) is 90.5 Å². The second-order valence-electron chi connectivity index (χ2n) is 13.1. The van der Waals surface area contributed by atoms with Crippen LogP contribution in [0.3, 0.4) is 0 Å². The lowest BCUT2D eigenvalue weighted by Gasteiger charge is -2.36. The number of hydrogen-bond acceptors (Lipinski definition) is 2. The van der Waals surface area contributed by atoms with Crippen LogP contribution in [0.15, 0.2) is 54.6 Å². The molecule has 2 nitrogen and oxygen atoms in total. The van der Waals surface area contributed by atoms with Crippen molar-refractivity contribution in [3.8, 4) is 22.3 Å². The zero-order valence-corrected chi connectivity index (χ0v) is 22.6. The van der Waals surface area contributed by atoms with E-state index in [-0.39, 0.29) is 29.2 Å². The van der Waals surface area contributed by atoms with E-state index in [4.69, 9.17) is 9.31 Å². The first-order valence-electron chi connectivity index (χ1n) is 13.9. The molecule has 1 heterocycles. The summed E-state index contributed by atoms with van der Waals surface area (Å²) in [4.78, 5) is 0. The van der Waals surface area contributed by atoms with Crippen molar-refractivity contribution in [1.82, 2.24) is 0 Å². The van der Waals surface area contributed by atoms with Gasteiger partial charge in [0.15, 0.2) is 0 Å². The Bertz CT molecular complexity index is 1390. The minimum atomic E-state index is -0.372. The zero-order chi connectivity index (χ0) is 25.1. The largest absolute Gasteiger partial charge is 0.495 e. The Hall–Kier alpha value is -2.36. The van der Waals surface area contributed by atoms with Gasteiger partial charge in [0, 0.05) is 10.8 Å². The molecule has 3 aromatic carbocycles. The van der Waals surface area contributed by atoms with Gasteiger partial charge < -0.3 is 9.31 Å². The molecular formula is C33H37BO2.